The fraction of sp³-hybridized carbons (Fsp3) is 0.182. The van der Waals surface area contributed by atoms with E-state index in [0.29, 0.717) is 15.7 Å². The van der Waals surface area contributed by atoms with Crippen molar-refractivity contribution in [2.75, 3.05) is 27.9 Å². The molecule has 10 nitrogen and oxygen atoms in total. The third-order valence-electron chi connectivity index (χ3n) is 4.52. The zero-order chi connectivity index (χ0) is 24.1. The molecule has 0 bridgehead atoms. The first-order valence-electron chi connectivity index (χ1n) is 9.46. The van der Waals surface area contributed by atoms with Crippen LogP contribution < -0.4 is 15.2 Å². The van der Waals surface area contributed by atoms with Gasteiger partial charge in [-0.05, 0) is 40.2 Å². The van der Waals surface area contributed by atoms with Crippen LogP contribution in [0.2, 0.25) is 0 Å². The van der Waals surface area contributed by atoms with Gasteiger partial charge in [0.05, 0.1) is 31.5 Å². The molecule has 0 saturated heterocycles. The summed E-state index contributed by atoms with van der Waals surface area (Å²) in [5, 5.41) is 4.53. The lowest BCUT2D eigenvalue weighted by Gasteiger charge is -2.13. The molecule has 2 N–H and O–H groups in total. The molecule has 0 aliphatic rings. The van der Waals surface area contributed by atoms with E-state index in [4.69, 9.17) is 24.7 Å². The highest BCUT2D eigenvalue weighted by molar-refractivity contribution is 9.10. The number of ether oxygens (including phenoxy) is 4. The number of amides is 1. The van der Waals surface area contributed by atoms with Crippen molar-refractivity contribution in [2.24, 2.45) is 5.73 Å². The van der Waals surface area contributed by atoms with Gasteiger partial charge < -0.3 is 24.7 Å². The van der Waals surface area contributed by atoms with E-state index in [0.717, 1.165) is 0 Å². The van der Waals surface area contributed by atoms with Crippen LogP contribution in [0.15, 0.2) is 46.9 Å². The van der Waals surface area contributed by atoms with Gasteiger partial charge in [0.2, 0.25) is 0 Å². The fourth-order valence-corrected chi connectivity index (χ4v) is 3.65. The summed E-state index contributed by atoms with van der Waals surface area (Å²) in [5.41, 5.74) is 6.05. The maximum Gasteiger partial charge on any atom is 0.357 e. The Morgan fingerprint density at radius 3 is 2.27 bits per heavy atom. The summed E-state index contributed by atoms with van der Waals surface area (Å²) in [4.78, 5) is 36.6. The number of aromatic nitrogens is 2. The van der Waals surface area contributed by atoms with Gasteiger partial charge in [-0.25, -0.2) is 14.3 Å². The highest BCUT2D eigenvalue weighted by Crippen LogP contribution is 2.41. The number of nitrogens with two attached hydrogens (primary N) is 1. The number of primary amides is 1. The molecule has 1 amide bonds. The number of nitrogens with zero attached hydrogens (tertiary/aromatic N) is 2. The van der Waals surface area contributed by atoms with E-state index >= 15 is 0 Å². The van der Waals surface area contributed by atoms with Crippen molar-refractivity contribution in [1.82, 2.24) is 9.78 Å². The van der Waals surface area contributed by atoms with Gasteiger partial charge >= 0.3 is 11.9 Å². The summed E-state index contributed by atoms with van der Waals surface area (Å²) in [6.07, 6.45) is 0. The molecule has 33 heavy (non-hydrogen) atoms. The SMILES string of the molecule is COC(=O)c1c(-c2cc(Br)c(OCC(N)=O)c(OC)c2)nn(-c2ccccc2)c1C(=O)OC. The lowest BCUT2D eigenvalue weighted by molar-refractivity contribution is -0.120. The molecule has 0 saturated carbocycles. The Kier molecular flexibility index (Phi) is 7.34. The molecule has 0 radical (unpaired) electrons. The maximum absolute atomic E-state index is 12.8. The van der Waals surface area contributed by atoms with Crippen molar-refractivity contribution < 1.29 is 33.3 Å². The Hall–Kier alpha value is -3.86. The average molecular weight is 518 g/mol. The monoisotopic (exact) mass is 517 g/mol. The third kappa shape index (κ3) is 4.82. The first-order valence-corrected chi connectivity index (χ1v) is 10.3. The fourth-order valence-electron chi connectivity index (χ4n) is 3.10. The quantitative estimate of drug-likeness (QED) is 0.451. The Bertz CT molecular complexity index is 1210. The van der Waals surface area contributed by atoms with Crippen LogP contribution in [-0.2, 0) is 14.3 Å². The Balaban J connectivity index is 2.29. The molecule has 0 fully saturated rings. The van der Waals surface area contributed by atoms with Crippen molar-refractivity contribution >= 4 is 33.8 Å². The van der Waals surface area contributed by atoms with Gasteiger partial charge in [-0.2, -0.15) is 5.10 Å². The summed E-state index contributed by atoms with van der Waals surface area (Å²) in [6, 6.07) is 11.9. The van der Waals surface area contributed by atoms with Gasteiger partial charge in [0.1, 0.15) is 11.3 Å². The van der Waals surface area contributed by atoms with Crippen LogP contribution in [0.5, 0.6) is 11.5 Å². The molecule has 3 rings (SSSR count). The van der Waals surface area contributed by atoms with Crippen LogP contribution in [0, 0.1) is 0 Å². The standard InChI is InChI=1S/C22H20BrN3O7/c1-30-15-10-12(9-14(23)20(15)33-11-16(24)27)18-17(21(28)31-2)19(22(29)32-3)26(25-18)13-7-5-4-6-8-13/h4-10H,11H2,1-3H3,(H2,24,27). The molecule has 3 aromatic rings. The van der Waals surface area contributed by atoms with Gasteiger partial charge in [-0.3, -0.25) is 4.79 Å². The van der Waals surface area contributed by atoms with E-state index in [1.165, 1.54) is 26.0 Å². The molecule has 1 heterocycles. The molecule has 1 aromatic heterocycles. The van der Waals surface area contributed by atoms with Crippen molar-refractivity contribution in [2.45, 2.75) is 0 Å². The second-order valence-corrected chi connectivity index (χ2v) is 7.40. The molecular formula is C22H20BrN3O7. The van der Waals surface area contributed by atoms with Crippen LogP contribution in [0.4, 0.5) is 0 Å². The second kappa shape index (κ2) is 10.2. The predicted molar refractivity (Wildman–Crippen MR) is 121 cm³/mol. The molecule has 0 aliphatic heterocycles. The minimum atomic E-state index is -0.781. The second-order valence-electron chi connectivity index (χ2n) is 6.55. The molecule has 0 unspecified atom stereocenters. The third-order valence-corrected chi connectivity index (χ3v) is 5.11. The Morgan fingerprint density at radius 2 is 1.70 bits per heavy atom. The summed E-state index contributed by atoms with van der Waals surface area (Å²) < 4.78 is 22.4. The van der Waals surface area contributed by atoms with Crippen LogP contribution >= 0.6 is 15.9 Å². The summed E-state index contributed by atoms with van der Waals surface area (Å²) in [5.74, 6) is -1.74. The highest BCUT2D eigenvalue weighted by atomic mass is 79.9. The highest BCUT2D eigenvalue weighted by Gasteiger charge is 2.32. The molecule has 0 aliphatic carbocycles. The zero-order valence-electron chi connectivity index (χ0n) is 18.0. The van der Waals surface area contributed by atoms with Crippen molar-refractivity contribution in [3.63, 3.8) is 0 Å². The number of carbonyl (C=O) groups excluding carboxylic acids is 3. The number of halogens is 1. The minimum Gasteiger partial charge on any atom is -0.493 e. The van der Waals surface area contributed by atoms with E-state index in [9.17, 15) is 14.4 Å². The Labute approximate surface area is 197 Å². The van der Waals surface area contributed by atoms with Crippen molar-refractivity contribution in [3.05, 3.63) is 58.2 Å². The first-order chi connectivity index (χ1) is 15.8. The summed E-state index contributed by atoms with van der Waals surface area (Å²) in [6.45, 7) is -0.364. The van der Waals surface area contributed by atoms with E-state index in [2.05, 4.69) is 21.0 Å². The molecule has 172 valence electrons. The molecular weight excluding hydrogens is 498 g/mol. The van der Waals surface area contributed by atoms with E-state index < -0.39 is 17.8 Å². The van der Waals surface area contributed by atoms with E-state index in [1.54, 1.807) is 42.5 Å². The normalized spacial score (nSPS) is 10.4. The summed E-state index contributed by atoms with van der Waals surface area (Å²) in [7, 11) is 3.81. The number of esters is 2. The van der Waals surface area contributed by atoms with Gasteiger partial charge in [-0.15, -0.1) is 0 Å². The lowest BCUT2D eigenvalue weighted by Crippen LogP contribution is -2.20. The number of para-hydroxylation sites is 1. The maximum atomic E-state index is 12.8. The number of methoxy groups -OCH3 is 3. The van der Waals surface area contributed by atoms with Gasteiger partial charge in [-0.1, -0.05) is 18.2 Å². The predicted octanol–water partition coefficient (Wildman–Crippen LogP) is 2.75. The number of rotatable bonds is 8. The van der Waals surface area contributed by atoms with Gasteiger partial charge in [0, 0.05) is 5.56 Å². The lowest BCUT2D eigenvalue weighted by atomic mass is 10.0. The van der Waals surface area contributed by atoms with Crippen molar-refractivity contribution in [1.29, 1.82) is 0 Å². The molecule has 0 atom stereocenters. The number of carbonyl (C=O) groups is 3. The number of benzene rings is 2. The molecule has 0 spiro atoms. The topological polar surface area (TPSA) is 132 Å². The number of hydrogen-bond acceptors (Lipinski definition) is 8. The zero-order valence-corrected chi connectivity index (χ0v) is 19.5. The van der Waals surface area contributed by atoms with Crippen LogP contribution in [0.3, 0.4) is 0 Å². The first kappa shape index (κ1) is 23.8. The van der Waals surface area contributed by atoms with Crippen LogP contribution in [0.1, 0.15) is 20.8 Å². The Morgan fingerprint density at radius 1 is 1.03 bits per heavy atom. The van der Waals surface area contributed by atoms with E-state index in [-0.39, 0.29) is 35.1 Å². The molecule has 2 aromatic carbocycles. The van der Waals surface area contributed by atoms with Gasteiger partial charge in [0.15, 0.2) is 23.8 Å². The van der Waals surface area contributed by atoms with Crippen molar-refractivity contribution in [3.8, 4) is 28.4 Å². The largest absolute Gasteiger partial charge is 0.493 e. The average Bonchev–Trinajstić information content (AvgIpc) is 3.23. The van der Waals surface area contributed by atoms with Crippen LogP contribution in [0.25, 0.3) is 16.9 Å². The van der Waals surface area contributed by atoms with Gasteiger partial charge in [0.25, 0.3) is 5.91 Å². The smallest absolute Gasteiger partial charge is 0.357 e. The minimum absolute atomic E-state index is 0.0899. The van der Waals surface area contributed by atoms with E-state index in [1.807, 2.05) is 0 Å². The summed E-state index contributed by atoms with van der Waals surface area (Å²) >= 11 is 3.38. The number of hydrogen-bond donors (Lipinski definition) is 1. The van der Waals surface area contributed by atoms with Crippen LogP contribution in [-0.4, -0.2) is 55.6 Å². The molecule has 11 heteroatoms.